The van der Waals surface area contributed by atoms with E-state index in [1.165, 1.54) is 31.2 Å². The molecule has 0 spiro atoms. The molecule has 0 aliphatic carbocycles. The predicted octanol–water partition coefficient (Wildman–Crippen LogP) is 2.42. The van der Waals surface area contributed by atoms with Gasteiger partial charge in [0.2, 0.25) is 0 Å². The van der Waals surface area contributed by atoms with Crippen molar-refractivity contribution in [2.75, 3.05) is 21.3 Å². The Morgan fingerprint density at radius 3 is 2.48 bits per heavy atom. The zero-order chi connectivity index (χ0) is 14.8. The SMILES string of the molecule is COc1ccc(OC)c(CN(C)C2CC3CCC(C2)N3)c1. The van der Waals surface area contributed by atoms with Crippen molar-refractivity contribution >= 4 is 0 Å². The summed E-state index contributed by atoms with van der Waals surface area (Å²) in [5.41, 5.74) is 1.20. The van der Waals surface area contributed by atoms with Crippen molar-refractivity contribution < 1.29 is 9.47 Å². The molecule has 0 aromatic heterocycles. The second-order valence-corrected chi connectivity index (χ2v) is 6.36. The van der Waals surface area contributed by atoms with Crippen LogP contribution in [0.4, 0.5) is 0 Å². The third-order valence-corrected chi connectivity index (χ3v) is 4.98. The fourth-order valence-electron chi connectivity index (χ4n) is 3.79. The number of nitrogens with zero attached hydrogens (tertiary/aromatic N) is 1. The highest BCUT2D eigenvalue weighted by Gasteiger charge is 2.35. The summed E-state index contributed by atoms with van der Waals surface area (Å²) in [7, 11) is 5.67. The molecule has 0 amide bonds. The molecule has 3 rings (SSSR count). The molecule has 2 saturated heterocycles. The number of benzene rings is 1. The van der Waals surface area contributed by atoms with Crippen molar-refractivity contribution in [3.8, 4) is 11.5 Å². The lowest BCUT2D eigenvalue weighted by atomic mass is 9.98. The minimum Gasteiger partial charge on any atom is -0.497 e. The van der Waals surface area contributed by atoms with Crippen LogP contribution in [0.5, 0.6) is 11.5 Å². The van der Waals surface area contributed by atoms with E-state index in [4.69, 9.17) is 9.47 Å². The lowest BCUT2D eigenvalue weighted by molar-refractivity contribution is 0.164. The van der Waals surface area contributed by atoms with Gasteiger partial charge in [0, 0.05) is 30.2 Å². The molecular formula is C17H26N2O2. The smallest absolute Gasteiger partial charge is 0.123 e. The lowest BCUT2D eigenvalue weighted by Gasteiger charge is -2.35. The number of hydrogen-bond acceptors (Lipinski definition) is 4. The van der Waals surface area contributed by atoms with Gasteiger partial charge in [-0.3, -0.25) is 4.90 Å². The lowest BCUT2D eigenvalue weighted by Crippen LogP contribution is -2.46. The molecule has 2 bridgehead atoms. The standard InChI is InChI=1S/C17H26N2O2/c1-19(15-9-13-4-5-14(10-15)18-13)11-12-8-16(20-2)6-7-17(12)21-3/h6-8,13-15,18H,4-5,9-11H2,1-3H3. The summed E-state index contributed by atoms with van der Waals surface area (Å²) in [6, 6.07) is 8.15. The van der Waals surface area contributed by atoms with E-state index in [2.05, 4.69) is 23.3 Å². The van der Waals surface area contributed by atoms with Crippen molar-refractivity contribution in [3.63, 3.8) is 0 Å². The summed E-state index contributed by atoms with van der Waals surface area (Å²) in [5, 5.41) is 3.71. The van der Waals surface area contributed by atoms with Gasteiger partial charge in [-0.2, -0.15) is 0 Å². The minimum atomic E-state index is 0.666. The molecular weight excluding hydrogens is 264 g/mol. The van der Waals surface area contributed by atoms with Crippen molar-refractivity contribution in [1.82, 2.24) is 10.2 Å². The van der Waals surface area contributed by atoms with E-state index in [9.17, 15) is 0 Å². The Morgan fingerprint density at radius 1 is 1.14 bits per heavy atom. The first-order valence-corrected chi connectivity index (χ1v) is 7.86. The molecule has 2 fully saturated rings. The summed E-state index contributed by atoms with van der Waals surface area (Å²) in [4.78, 5) is 2.48. The second-order valence-electron chi connectivity index (χ2n) is 6.36. The van der Waals surface area contributed by atoms with Gasteiger partial charge < -0.3 is 14.8 Å². The van der Waals surface area contributed by atoms with Crippen molar-refractivity contribution in [3.05, 3.63) is 23.8 Å². The largest absolute Gasteiger partial charge is 0.497 e. The fourth-order valence-corrected chi connectivity index (χ4v) is 3.79. The molecule has 1 aromatic carbocycles. The molecule has 2 atom stereocenters. The van der Waals surface area contributed by atoms with E-state index >= 15 is 0 Å². The number of fused-ring (bicyclic) bond motifs is 2. The Bertz CT molecular complexity index is 480. The molecule has 2 heterocycles. The normalized spacial score (nSPS) is 27.9. The van der Waals surface area contributed by atoms with Crippen LogP contribution < -0.4 is 14.8 Å². The molecule has 2 aliphatic heterocycles. The Labute approximate surface area is 127 Å². The van der Waals surface area contributed by atoms with Crippen LogP contribution in [-0.4, -0.2) is 44.3 Å². The zero-order valence-corrected chi connectivity index (χ0v) is 13.3. The van der Waals surface area contributed by atoms with Crippen LogP contribution in [-0.2, 0) is 6.54 Å². The predicted molar refractivity (Wildman–Crippen MR) is 84.0 cm³/mol. The van der Waals surface area contributed by atoms with Crippen molar-refractivity contribution in [1.29, 1.82) is 0 Å². The number of nitrogens with one attached hydrogen (secondary N) is 1. The fraction of sp³-hybridized carbons (Fsp3) is 0.647. The van der Waals surface area contributed by atoms with E-state index in [0.29, 0.717) is 6.04 Å². The van der Waals surface area contributed by atoms with Crippen molar-refractivity contribution in [2.45, 2.75) is 50.4 Å². The molecule has 2 aliphatic rings. The van der Waals surface area contributed by atoms with Gasteiger partial charge in [-0.1, -0.05) is 0 Å². The summed E-state index contributed by atoms with van der Waals surface area (Å²) >= 11 is 0. The topological polar surface area (TPSA) is 33.7 Å². The minimum absolute atomic E-state index is 0.666. The van der Waals surface area contributed by atoms with Crippen LogP contribution in [0.15, 0.2) is 18.2 Å². The van der Waals surface area contributed by atoms with Crippen LogP contribution in [0.2, 0.25) is 0 Å². The van der Waals surface area contributed by atoms with Gasteiger partial charge in [0.1, 0.15) is 11.5 Å². The number of piperidine rings is 1. The quantitative estimate of drug-likeness (QED) is 0.903. The molecule has 1 N–H and O–H groups in total. The van der Waals surface area contributed by atoms with Crippen molar-refractivity contribution in [2.24, 2.45) is 0 Å². The maximum absolute atomic E-state index is 5.49. The summed E-state index contributed by atoms with van der Waals surface area (Å²) in [6.07, 6.45) is 5.22. The van der Waals surface area contributed by atoms with Crippen LogP contribution in [0.3, 0.4) is 0 Å². The average molecular weight is 290 g/mol. The molecule has 0 radical (unpaired) electrons. The molecule has 2 unspecified atom stereocenters. The first-order chi connectivity index (χ1) is 10.2. The van der Waals surface area contributed by atoms with E-state index in [0.717, 1.165) is 30.1 Å². The number of methoxy groups -OCH3 is 2. The summed E-state index contributed by atoms with van der Waals surface area (Å²) < 4.78 is 10.8. The number of hydrogen-bond donors (Lipinski definition) is 1. The van der Waals surface area contributed by atoms with Gasteiger partial charge in [-0.15, -0.1) is 0 Å². The number of ether oxygens (including phenoxy) is 2. The Kier molecular flexibility index (Phi) is 4.36. The Balaban J connectivity index is 1.70. The third-order valence-electron chi connectivity index (χ3n) is 4.98. The first kappa shape index (κ1) is 14.7. The molecule has 21 heavy (non-hydrogen) atoms. The van der Waals surface area contributed by atoms with Gasteiger partial charge in [0.25, 0.3) is 0 Å². The third kappa shape index (κ3) is 3.16. The highest BCUT2D eigenvalue weighted by atomic mass is 16.5. The van der Waals surface area contributed by atoms with Gasteiger partial charge in [0.15, 0.2) is 0 Å². The highest BCUT2D eigenvalue weighted by molar-refractivity contribution is 5.40. The van der Waals surface area contributed by atoms with E-state index < -0.39 is 0 Å². The maximum Gasteiger partial charge on any atom is 0.123 e. The highest BCUT2D eigenvalue weighted by Crippen LogP contribution is 2.31. The molecule has 1 aromatic rings. The summed E-state index contributed by atoms with van der Waals surface area (Å²) in [5.74, 6) is 1.84. The van der Waals surface area contributed by atoms with Crippen LogP contribution in [0.1, 0.15) is 31.2 Å². The Hall–Kier alpha value is -1.26. The van der Waals surface area contributed by atoms with E-state index in [-0.39, 0.29) is 0 Å². The van der Waals surface area contributed by atoms with Gasteiger partial charge >= 0.3 is 0 Å². The first-order valence-electron chi connectivity index (χ1n) is 7.86. The van der Waals surface area contributed by atoms with Gasteiger partial charge in [0.05, 0.1) is 14.2 Å². The van der Waals surface area contributed by atoms with Gasteiger partial charge in [-0.25, -0.2) is 0 Å². The van der Waals surface area contributed by atoms with E-state index in [1.807, 2.05) is 12.1 Å². The average Bonchev–Trinajstić information content (AvgIpc) is 2.85. The second kappa shape index (κ2) is 6.24. The number of rotatable bonds is 5. The van der Waals surface area contributed by atoms with Gasteiger partial charge in [-0.05, 0) is 50.9 Å². The van der Waals surface area contributed by atoms with Crippen LogP contribution in [0, 0.1) is 0 Å². The van der Waals surface area contributed by atoms with Crippen LogP contribution in [0.25, 0.3) is 0 Å². The molecule has 4 heteroatoms. The molecule has 116 valence electrons. The zero-order valence-electron chi connectivity index (χ0n) is 13.3. The monoisotopic (exact) mass is 290 g/mol. The molecule has 4 nitrogen and oxygen atoms in total. The van der Waals surface area contributed by atoms with E-state index in [1.54, 1.807) is 14.2 Å². The van der Waals surface area contributed by atoms with Crippen LogP contribution >= 0.6 is 0 Å². The maximum atomic E-state index is 5.49. The Morgan fingerprint density at radius 2 is 1.86 bits per heavy atom. The molecule has 0 saturated carbocycles. The summed E-state index contributed by atoms with van der Waals surface area (Å²) in [6.45, 7) is 0.907.